The zero-order valence-corrected chi connectivity index (χ0v) is 15.6. The predicted octanol–water partition coefficient (Wildman–Crippen LogP) is 5.37. The number of para-hydroxylation sites is 1. The van der Waals surface area contributed by atoms with Gasteiger partial charge >= 0.3 is 0 Å². The lowest BCUT2D eigenvalue weighted by atomic mass is 9.77. The van der Waals surface area contributed by atoms with Crippen molar-refractivity contribution in [1.29, 1.82) is 0 Å². The van der Waals surface area contributed by atoms with Gasteiger partial charge in [-0.3, -0.25) is 4.99 Å². The third kappa shape index (κ3) is 1.70. The molecular formula is C23H22N2O. The molecule has 0 fully saturated rings. The number of ether oxygens (including phenoxy) is 1. The van der Waals surface area contributed by atoms with Crippen molar-refractivity contribution in [1.82, 2.24) is 0 Å². The smallest absolute Gasteiger partial charge is 0.228 e. The number of fused-ring (bicyclic) bond motifs is 4. The molecule has 1 unspecified atom stereocenters. The molecule has 0 amide bonds. The van der Waals surface area contributed by atoms with Crippen LogP contribution in [0.5, 0.6) is 5.75 Å². The van der Waals surface area contributed by atoms with Crippen molar-refractivity contribution in [2.75, 3.05) is 11.9 Å². The van der Waals surface area contributed by atoms with E-state index in [4.69, 9.17) is 9.73 Å². The summed E-state index contributed by atoms with van der Waals surface area (Å²) in [6.45, 7) is 6.58. The topological polar surface area (TPSA) is 24.8 Å². The Labute approximate surface area is 153 Å². The first-order chi connectivity index (χ1) is 12.5. The number of hydrogen-bond acceptors (Lipinski definition) is 3. The van der Waals surface area contributed by atoms with Gasteiger partial charge < -0.3 is 9.64 Å². The molecule has 3 heteroatoms. The lowest BCUT2D eigenvalue weighted by Crippen LogP contribution is -2.61. The van der Waals surface area contributed by atoms with Gasteiger partial charge in [0.25, 0.3) is 0 Å². The van der Waals surface area contributed by atoms with Crippen LogP contribution >= 0.6 is 0 Å². The van der Waals surface area contributed by atoms with E-state index in [0.29, 0.717) is 0 Å². The molecular weight excluding hydrogens is 320 g/mol. The summed E-state index contributed by atoms with van der Waals surface area (Å²) in [4.78, 5) is 7.18. The van der Waals surface area contributed by atoms with Crippen molar-refractivity contribution < 1.29 is 4.74 Å². The lowest BCUT2D eigenvalue weighted by molar-refractivity contribution is 0.0819. The van der Waals surface area contributed by atoms with E-state index in [1.54, 1.807) is 0 Å². The molecule has 0 aromatic heterocycles. The van der Waals surface area contributed by atoms with Gasteiger partial charge in [0.15, 0.2) is 5.75 Å². The highest BCUT2D eigenvalue weighted by molar-refractivity contribution is 6.00. The highest BCUT2D eigenvalue weighted by atomic mass is 16.5. The van der Waals surface area contributed by atoms with E-state index in [0.717, 1.165) is 22.4 Å². The number of benzene rings is 3. The van der Waals surface area contributed by atoms with Crippen LogP contribution in [0.1, 0.15) is 25.0 Å². The fourth-order valence-electron chi connectivity index (χ4n) is 4.57. The first-order valence-electron chi connectivity index (χ1n) is 9.06. The second-order valence-corrected chi connectivity index (χ2v) is 7.85. The Hall–Kier alpha value is -2.81. The molecule has 0 radical (unpaired) electrons. The lowest BCUT2D eigenvalue weighted by Gasteiger charge is -2.45. The third-order valence-electron chi connectivity index (χ3n) is 6.12. The van der Waals surface area contributed by atoms with Gasteiger partial charge in [0.05, 0.1) is 11.6 Å². The van der Waals surface area contributed by atoms with Gasteiger partial charge in [-0.2, -0.15) is 0 Å². The highest BCUT2D eigenvalue weighted by Gasteiger charge is 2.58. The number of hydrogen-bond donors (Lipinski definition) is 0. The maximum absolute atomic E-state index is 6.81. The summed E-state index contributed by atoms with van der Waals surface area (Å²) in [6.07, 6.45) is 2.00. The van der Waals surface area contributed by atoms with E-state index in [-0.39, 0.29) is 5.41 Å². The van der Waals surface area contributed by atoms with Crippen LogP contribution in [-0.2, 0) is 5.41 Å². The van der Waals surface area contributed by atoms with Crippen LogP contribution in [0.4, 0.5) is 11.4 Å². The van der Waals surface area contributed by atoms with Crippen LogP contribution in [0, 0.1) is 6.92 Å². The van der Waals surface area contributed by atoms with Crippen LogP contribution in [0.25, 0.3) is 10.8 Å². The number of likely N-dealkylation sites (N-methyl/N-ethyl adjacent to an activating group) is 1. The average Bonchev–Trinajstić information content (AvgIpc) is 2.81. The zero-order chi connectivity index (χ0) is 18.1. The fraction of sp³-hybridized carbons (Fsp3) is 0.261. The average molecular weight is 342 g/mol. The largest absolute Gasteiger partial charge is 0.459 e. The fourth-order valence-corrected chi connectivity index (χ4v) is 4.57. The second-order valence-electron chi connectivity index (χ2n) is 7.85. The molecule has 3 aromatic rings. The summed E-state index contributed by atoms with van der Waals surface area (Å²) in [5, 5.41) is 2.33. The van der Waals surface area contributed by atoms with Crippen LogP contribution in [0.3, 0.4) is 0 Å². The van der Waals surface area contributed by atoms with Gasteiger partial charge in [0.1, 0.15) is 5.69 Å². The Balaban J connectivity index is 1.75. The van der Waals surface area contributed by atoms with Crippen molar-refractivity contribution in [3.8, 4) is 5.75 Å². The second kappa shape index (κ2) is 4.88. The molecule has 1 atom stereocenters. The molecule has 26 heavy (non-hydrogen) atoms. The Morgan fingerprint density at radius 3 is 2.54 bits per heavy atom. The number of aliphatic imine (C=N–C) groups is 1. The van der Waals surface area contributed by atoms with E-state index in [1.807, 2.05) is 6.21 Å². The van der Waals surface area contributed by atoms with E-state index in [9.17, 15) is 0 Å². The molecule has 0 saturated heterocycles. The summed E-state index contributed by atoms with van der Waals surface area (Å²) in [5.74, 6) is 0.888. The first kappa shape index (κ1) is 15.4. The molecule has 3 nitrogen and oxygen atoms in total. The Morgan fingerprint density at radius 1 is 1.00 bits per heavy atom. The minimum Gasteiger partial charge on any atom is -0.459 e. The highest BCUT2D eigenvalue weighted by Crippen LogP contribution is 2.54. The van der Waals surface area contributed by atoms with Gasteiger partial charge in [-0.1, -0.05) is 42.5 Å². The normalized spacial score (nSPS) is 22.4. The summed E-state index contributed by atoms with van der Waals surface area (Å²) < 4.78 is 6.81. The Bertz CT molecular complexity index is 1080. The quantitative estimate of drug-likeness (QED) is 0.549. The molecule has 2 aliphatic heterocycles. The molecule has 0 saturated carbocycles. The van der Waals surface area contributed by atoms with Crippen molar-refractivity contribution in [3.63, 3.8) is 0 Å². The number of anilines is 1. The number of aryl methyl sites for hydroxylation is 1. The molecule has 5 rings (SSSR count). The minimum absolute atomic E-state index is 0.225. The van der Waals surface area contributed by atoms with Gasteiger partial charge in [-0.25, -0.2) is 0 Å². The van der Waals surface area contributed by atoms with Crippen LogP contribution in [0.15, 0.2) is 59.6 Å². The molecule has 2 heterocycles. The van der Waals surface area contributed by atoms with E-state index >= 15 is 0 Å². The summed E-state index contributed by atoms with van der Waals surface area (Å²) in [5.41, 5.74) is 3.69. The van der Waals surface area contributed by atoms with E-state index in [2.05, 4.69) is 87.3 Å². The SMILES string of the molecule is Cc1cc2ccccc2c2c1OC1(C=N2)N(C)c2ccccc2C1(C)C. The number of nitrogens with zero attached hydrogens (tertiary/aromatic N) is 2. The van der Waals surface area contributed by atoms with Crippen molar-refractivity contribution >= 4 is 28.4 Å². The van der Waals surface area contributed by atoms with Crippen molar-refractivity contribution in [2.45, 2.75) is 31.9 Å². The Kier molecular flexibility index (Phi) is 2.90. The van der Waals surface area contributed by atoms with Crippen LogP contribution in [-0.4, -0.2) is 19.0 Å². The third-order valence-corrected chi connectivity index (χ3v) is 6.12. The van der Waals surface area contributed by atoms with Gasteiger partial charge in [-0.15, -0.1) is 0 Å². The maximum Gasteiger partial charge on any atom is 0.228 e. The standard InChI is InChI=1S/C23H22N2O/c1-15-13-16-9-5-6-10-17(16)20-21(15)26-23(14-24-20)22(2,3)18-11-7-8-12-19(18)25(23)4/h5-14H,1-4H3. The summed E-state index contributed by atoms with van der Waals surface area (Å²) in [6, 6.07) is 19.1. The molecule has 1 spiro atoms. The number of rotatable bonds is 0. The Morgan fingerprint density at radius 2 is 1.73 bits per heavy atom. The van der Waals surface area contributed by atoms with Crippen molar-refractivity contribution in [2.24, 2.45) is 4.99 Å². The minimum atomic E-state index is -0.628. The van der Waals surface area contributed by atoms with E-state index in [1.165, 1.54) is 16.6 Å². The van der Waals surface area contributed by atoms with Gasteiger partial charge in [0, 0.05) is 18.1 Å². The van der Waals surface area contributed by atoms with Crippen LogP contribution < -0.4 is 9.64 Å². The summed E-state index contributed by atoms with van der Waals surface area (Å²) in [7, 11) is 2.10. The monoisotopic (exact) mass is 342 g/mol. The maximum atomic E-state index is 6.81. The molecule has 0 aliphatic carbocycles. The molecule has 0 bridgehead atoms. The first-order valence-corrected chi connectivity index (χ1v) is 9.06. The van der Waals surface area contributed by atoms with Gasteiger partial charge in [-0.05, 0) is 49.4 Å². The molecule has 3 aromatic carbocycles. The van der Waals surface area contributed by atoms with E-state index < -0.39 is 5.72 Å². The van der Waals surface area contributed by atoms with Crippen molar-refractivity contribution in [3.05, 3.63) is 65.7 Å². The zero-order valence-electron chi connectivity index (χ0n) is 15.6. The van der Waals surface area contributed by atoms with Gasteiger partial charge in [0.2, 0.25) is 5.72 Å². The molecule has 0 N–H and O–H groups in total. The molecule has 130 valence electrons. The van der Waals surface area contributed by atoms with Crippen LogP contribution in [0.2, 0.25) is 0 Å². The molecule has 2 aliphatic rings. The predicted molar refractivity (Wildman–Crippen MR) is 108 cm³/mol. The summed E-state index contributed by atoms with van der Waals surface area (Å²) >= 11 is 0.